The number of halogens is 1. The number of fused-ring (bicyclic) bond motifs is 1. The molecular weight excluding hydrogens is 379 g/mol. The average Bonchev–Trinajstić information content (AvgIpc) is 3.36. The smallest absolute Gasteiger partial charge is 0.137 e. The van der Waals surface area contributed by atoms with Crippen LogP contribution in [-0.2, 0) is 0 Å². The first-order valence-electron chi connectivity index (χ1n) is 10.5. The van der Waals surface area contributed by atoms with Gasteiger partial charge in [-0.1, -0.05) is 6.08 Å². The standard InChI is InChI=1S/C23H27FN6/c1-28-11-12-29(2)14-18(13-28)30-15-27-21(16-3-5-17(24)6-4-16)22(30)19-7-9-25-23-20(19)8-10-26-23/h3,5-6,8-10,15,18,26H,4,7,11-14H2,1-2H3. The first kappa shape index (κ1) is 19.2. The molecule has 3 aliphatic rings. The van der Waals surface area contributed by atoms with Gasteiger partial charge in [-0.05, 0) is 49.9 Å². The minimum atomic E-state index is -0.183. The highest BCUT2D eigenvalue weighted by atomic mass is 19.1. The Bertz CT molecular complexity index is 1150. The predicted octanol–water partition coefficient (Wildman–Crippen LogP) is 1.90. The van der Waals surface area contributed by atoms with Crippen LogP contribution in [0.2, 0.25) is 0 Å². The Hall–Kier alpha value is -2.77. The molecule has 0 unspecified atom stereocenters. The molecule has 2 aromatic heterocycles. The molecule has 156 valence electrons. The molecule has 1 fully saturated rings. The fourth-order valence-electron chi connectivity index (χ4n) is 4.62. The summed E-state index contributed by atoms with van der Waals surface area (Å²) in [6.07, 6.45) is 12.2. The van der Waals surface area contributed by atoms with Crippen molar-refractivity contribution in [2.45, 2.75) is 18.9 Å². The third kappa shape index (κ3) is 3.48. The lowest BCUT2D eigenvalue weighted by Gasteiger charge is -2.24. The number of aliphatic imine (C=N–C) groups is 1. The van der Waals surface area contributed by atoms with Gasteiger partial charge in [0.15, 0.2) is 0 Å². The van der Waals surface area contributed by atoms with Crippen LogP contribution < -0.4 is 10.7 Å². The van der Waals surface area contributed by atoms with Crippen LogP contribution in [-0.4, -0.2) is 70.8 Å². The van der Waals surface area contributed by atoms with E-state index in [1.54, 1.807) is 6.08 Å². The molecule has 0 radical (unpaired) electrons. The van der Waals surface area contributed by atoms with Gasteiger partial charge in [-0.2, -0.15) is 0 Å². The van der Waals surface area contributed by atoms with Gasteiger partial charge in [-0.15, -0.1) is 0 Å². The third-order valence-electron chi connectivity index (χ3n) is 6.21. The number of hydrogen-bond donors (Lipinski definition) is 1. The molecule has 6 nitrogen and oxygen atoms in total. The molecule has 0 aromatic carbocycles. The Morgan fingerprint density at radius 2 is 1.90 bits per heavy atom. The Kier molecular flexibility index (Phi) is 5.00. The van der Waals surface area contributed by atoms with E-state index in [4.69, 9.17) is 4.98 Å². The molecule has 30 heavy (non-hydrogen) atoms. The minimum absolute atomic E-state index is 0.183. The van der Waals surface area contributed by atoms with Crippen molar-refractivity contribution in [2.75, 3.05) is 40.3 Å². The first-order chi connectivity index (χ1) is 14.6. The average molecular weight is 407 g/mol. The summed E-state index contributed by atoms with van der Waals surface area (Å²) in [7, 11) is 4.36. The number of nitrogens with one attached hydrogen (secondary N) is 1. The molecule has 0 saturated carbocycles. The minimum Gasteiger partial charge on any atom is -0.346 e. The zero-order valence-electron chi connectivity index (χ0n) is 17.5. The largest absolute Gasteiger partial charge is 0.346 e. The molecule has 1 aliphatic carbocycles. The maximum Gasteiger partial charge on any atom is 0.137 e. The van der Waals surface area contributed by atoms with Gasteiger partial charge in [0.2, 0.25) is 0 Å². The predicted molar refractivity (Wildman–Crippen MR) is 118 cm³/mol. The molecule has 2 aliphatic heterocycles. The Labute approximate surface area is 175 Å². The summed E-state index contributed by atoms with van der Waals surface area (Å²) in [5, 5.41) is 2.08. The third-order valence-corrected chi connectivity index (χ3v) is 6.21. The second-order valence-corrected chi connectivity index (χ2v) is 8.41. The summed E-state index contributed by atoms with van der Waals surface area (Å²) in [6.45, 7) is 4.04. The normalized spacial score (nSPS) is 24.7. The lowest BCUT2D eigenvalue weighted by Crippen LogP contribution is -2.41. The SMILES string of the molecule is CN1CCN(C)CC(n2cnc(=C3C=CC(F)=CC3)c2=C2CC=Nc3[nH]ccc32)C1. The van der Waals surface area contributed by atoms with Gasteiger partial charge in [0.1, 0.15) is 11.6 Å². The van der Waals surface area contributed by atoms with Crippen molar-refractivity contribution in [3.05, 3.63) is 58.9 Å². The number of hydrogen-bond acceptors (Lipinski definition) is 4. The van der Waals surface area contributed by atoms with Crippen molar-refractivity contribution in [1.29, 1.82) is 0 Å². The van der Waals surface area contributed by atoms with Crippen LogP contribution in [0.15, 0.2) is 47.6 Å². The fraction of sp³-hybridized carbons (Fsp3) is 0.391. The molecule has 0 atom stereocenters. The number of H-pyrrole nitrogens is 1. The van der Waals surface area contributed by atoms with Crippen LogP contribution in [0, 0.1) is 0 Å². The first-order valence-corrected chi connectivity index (χ1v) is 10.5. The highest BCUT2D eigenvalue weighted by Gasteiger charge is 2.24. The molecule has 5 rings (SSSR count). The van der Waals surface area contributed by atoms with Crippen LogP contribution in [0.3, 0.4) is 0 Å². The number of imidazole rings is 1. The van der Waals surface area contributed by atoms with Gasteiger partial charge < -0.3 is 19.4 Å². The zero-order valence-corrected chi connectivity index (χ0v) is 17.5. The number of rotatable bonds is 1. The highest BCUT2D eigenvalue weighted by Crippen LogP contribution is 2.28. The molecule has 0 bridgehead atoms. The van der Waals surface area contributed by atoms with E-state index >= 15 is 0 Å². The van der Waals surface area contributed by atoms with E-state index in [0.717, 1.165) is 60.3 Å². The van der Waals surface area contributed by atoms with Crippen molar-refractivity contribution in [3.8, 4) is 0 Å². The molecular formula is C23H27FN6. The lowest BCUT2D eigenvalue weighted by atomic mass is 10.0. The van der Waals surface area contributed by atoms with Crippen molar-refractivity contribution >= 4 is 23.2 Å². The Morgan fingerprint density at radius 3 is 2.63 bits per heavy atom. The molecule has 0 spiro atoms. The van der Waals surface area contributed by atoms with E-state index in [1.807, 2.05) is 24.8 Å². The number of allylic oxidation sites excluding steroid dienone is 4. The van der Waals surface area contributed by atoms with Crippen LogP contribution in [0.1, 0.15) is 24.4 Å². The Morgan fingerprint density at radius 1 is 1.10 bits per heavy atom. The molecule has 1 saturated heterocycles. The van der Waals surface area contributed by atoms with Crippen molar-refractivity contribution < 1.29 is 4.39 Å². The van der Waals surface area contributed by atoms with Gasteiger partial charge >= 0.3 is 0 Å². The summed E-state index contributed by atoms with van der Waals surface area (Å²) in [4.78, 5) is 17.4. The van der Waals surface area contributed by atoms with E-state index in [9.17, 15) is 4.39 Å². The van der Waals surface area contributed by atoms with E-state index in [1.165, 1.54) is 11.6 Å². The van der Waals surface area contributed by atoms with Gasteiger partial charge in [-0.3, -0.25) is 0 Å². The molecule has 0 amide bonds. The highest BCUT2D eigenvalue weighted by molar-refractivity contribution is 5.88. The van der Waals surface area contributed by atoms with Crippen molar-refractivity contribution in [2.24, 2.45) is 4.99 Å². The van der Waals surface area contributed by atoms with Gasteiger partial charge in [0.25, 0.3) is 0 Å². The van der Waals surface area contributed by atoms with E-state index in [2.05, 4.69) is 44.5 Å². The zero-order chi connectivity index (χ0) is 20.7. The second kappa shape index (κ2) is 7.81. The topological polar surface area (TPSA) is 52.4 Å². The van der Waals surface area contributed by atoms with E-state index in [0.29, 0.717) is 6.42 Å². The van der Waals surface area contributed by atoms with Gasteiger partial charge in [0, 0.05) is 50.6 Å². The van der Waals surface area contributed by atoms with Gasteiger partial charge in [-0.25, -0.2) is 14.4 Å². The summed E-state index contributed by atoms with van der Waals surface area (Å²) in [5.74, 6) is 0.706. The summed E-state index contributed by atoms with van der Waals surface area (Å²) < 4.78 is 15.9. The number of aromatic nitrogens is 3. The summed E-state index contributed by atoms with van der Waals surface area (Å²) in [5.41, 5.74) is 3.39. The quantitative estimate of drug-likeness (QED) is 0.787. The fourth-order valence-corrected chi connectivity index (χ4v) is 4.62. The summed E-state index contributed by atoms with van der Waals surface area (Å²) in [6, 6.07) is 2.38. The van der Waals surface area contributed by atoms with E-state index < -0.39 is 0 Å². The molecule has 1 N–H and O–H groups in total. The van der Waals surface area contributed by atoms with Crippen molar-refractivity contribution in [1.82, 2.24) is 24.3 Å². The second-order valence-electron chi connectivity index (χ2n) is 8.41. The molecule has 7 heteroatoms. The maximum absolute atomic E-state index is 13.6. The lowest BCUT2D eigenvalue weighted by molar-refractivity contribution is 0.298. The van der Waals surface area contributed by atoms with Crippen LogP contribution in [0.4, 0.5) is 10.2 Å². The Balaban J connectivity index is 1.77. The monoisotopic (exact) mass is 406 g/mol. The summed E-state index contributed by atoms with van der Waals surface area (Å²) >= 11 is 0. The van der Waals surface area contributed by atoms with E-state index in [-0.39, 0.29) is 11.9 Å². The maximum atomic E-state index is 13.6. The van der Waals surface area contributed by atoms with Crippen LogP contribution in [0.25, 0.3) is 11.1 Å². The van der Waals surface area contributed by atoms with Crippen LogP contribution in [0.5, 0.6) is 0 Å². The van der Waals surface area contributed by atoms with Crippen LogP contribution >= 0.6 is 0 Å². The van der Waals surface area contributed by atoms with Gasteiger partial charge in [0.05, 0.1) is 23.1 Å². The molecule has 4 heterocycles. The van der Waals surface area contributed by atoms with Crippen molar-refractivity contribution in [3.63, 3.8) is 0 Å². The number of likely N-dealkylation sites (N-methyl/N-ethyl adjacent to an activating group) is 2. The number of nitrogens with zero attached hydrogens (tertiary/aromatic N) is 5. The molecule has 2 aromatic rings. The number of aromatic amines is 1.